The Balaban J connectivity index is 0. The van der Waals surface area contributed by atoms with Gasteiger partial charge >= 0.3 is 0 Å². The van der Waals surface area contributed by atoms with E-state index in [0.717, 1.165) is 0 Å². The van der Waals surface area contributed by atoms with Crippen LogP contribution in [0.5, 0.6) is 0 Å². The summed E-state index contributed by atoms with van der Waals surface area (Å²) in [4.78, 5) is 8.58. The molecule has 0 unspecified atom stereocenters. The van der Waals surface area contributed by atoms with E-state index in [1.165, 1.54) is 0 Å². The third-order valence-electron chi connectivity index (χ3n) is 0. The fourth-order valence-electron chi connectivity index (χ4n) is 0. The number of carbonyl (C=O) groups excluding carboxylic acids is 1. The van der Waals surface area contributed by atoms with E-state index in [-0.39, 0.29) is 12.6 Å². The lowest BCUT2D eigenvalue weighted by molar-refractivity contribution is -0.106. The molecule has 3 heteroatoms. The maximum Gasteiger partial charge on any atom is 0.204 e. The smallest absolute Gasteiger partial charge is 0.204 e. The first-order valence-corrected chi connectivity index (χ1v) is 0.569. The van der Waals surface area contributed by atoms with Crippen molar-refractivity contribution in [2.45, 2.75) is 0 Å². The topological polar surface area (TPSA) is 78.1 Å². The van der Waals surface area contributed by atoms with Crippen molar-refractivity contribution in [3.05, 3.63) is 0 Å². The molecule has 0 aliphatic heterocycles. The Kier molecular flexibility index (Phi) is 66.5. The number of amides is 1. The van der Waals surface area contributed by atoms with Crippen molar-refractivity contribution in [3.8, 4) is 0 Å². The Hall–Kier alpha value is -0.570. The molecular weight excluding hydrogens is 56.0 g/mol. The summed E-state index contributed by atoms with van der Waals surface area (Å²) in [5.41, 5.74) is 4.17. The van der Waals surface area contributed by atoms with Gasteiger partial charge in [-0.3, -0.25) is 4.79 Å². The van der Waals surface area contributed by atoms with E-state index in [1.807, 2.05) is 0 Å². The molecule has 4 heavy (non-hydrogen) atoms. The highest BCUT2D eigenvalue weighted by Gasteiger charge is 1.19. The zero-order chi connectivity index (χ0) is 2.71. The number of hydrogen-bond donors (Lipinski definition) is 2. The van der Waals surface area contributed by atoms with E-state index in [1.54, 1.807) is 0 Å². The second kappa shape index (κ2) is 26.9. The van der Waals surface area contributed by atoms with Crippen LogP contribution in [0.25, 0.3) is 0 Å². The predicted molar refractivity (Wildman–Crippen MR) is 15.3 cm³/mol. The molecule has 0 fully saturated rings. The minimum absolute atomic E-state index is 0. The first kappa shape index (κ1) is 9.90. The first-order chi connectivity index (χ1) is 1.41. The average molecular weight is 62.1 g/mol. The van der Waals surface area contributed by atoms with Crippen molar-refractivity contribution in [1.82, 2.24) is 6.15 Å². The Morgan fingerprint density at radius 2 is 1.75 bits per heavy atom. The molecule has 0 bridgehead atoms. The largest absolute Gasteiger partial charge is 0.372 e. The number of nitrogens with two attached hydrogens (primary N) is 1. The summed E-state index contributed by atoms with van der Waals surface area (Å²) < 4.78 is 0. The maximum absolute atomic E-state index is 8.58. The number of rotatable bonds is 0. The maximum atomic E-state index is 8.58. The normalized spacial score (nSPS) is 3.00. The van der Waals surface area contributed by atoms with Gasteiger partial charge in [0.2, 0.25) is 6.41 Å². The number of carbonyl (C=O) groups is 1. The molecule has 0 aliphatic carbocycles. The Morgan fingerprint density at radius 3 is 1.75 bits per heavy atom. The lowest BCUT2D eigenvalue weighted by atomic mass is 11.5. The average Bonchev–Trinajstić information content (AvgIpc) is 0.918. The molecule has 0 aliphatic rings. The second-order valence-electron chi connectivity index (χ2n) is 0.136. The molecule has 0 saturated carbocycles. The summed E-state index contributed by atoms with van der Waals surface area (Å²) in [5, 5.41) is 0. The lowest BCUT2D eigenvalue weighted by Gasteiger charge is -1.32. The molecule has 0 aromatic heterocycles. The van der Waals surface area contributed by atoms with Crippen molar-refractivity contribution in [1.29, 1.82) is 0 Å². The SMILES string of the molecule is N.NC=O. The van der Waals surface area contributed by atoms with E-state index in [4.69, 9.17) is 4.79 Å². The van der Waals surface area contributed by atoms with Gasteiger partial charge in [0.05, 0.1) is 0 Å². The van der Waals surface area contributed by atoms with Crippen LogP contribution in [0.1, 0.15) is 0 Å². The molecule has 5 N–H and O–H groups in total. The summed E-state index contributed by atoms with van der Waals surface area (Å²) in [5.74, 6) is 0. The molecular formula is CH6N2O. The van der Waals surface area contributed by atoms with Crippen LogP contribution >= 0.6 is 0 Å². The highest BCUT2D eigenvalue weighted by molar-refractivity contribution is 5.42. The van der Waals surface area contributed by atoms with Gasteiger partial charge in [0.1, 0.15) is 0 Å². The van der Waals surface area contributed by atoms with Gasteiger partial charge in [-0.2, -0.15) is 0 Å². The number of primary amides is 1. The van der Waals surface area contributed by atoms with Crippen LogP contribution in [0.4, 0.5) is 0 Å². The van der Waals surface area contributed by atoms with E-state index >= 15 is 0 Å². The molecule has 0 aromatic rings. The molecule has 0 heterocycles. The molecule has 26 valence electrons. The van der Waals surface area contributed by atoms with E-state index in [2.05, 4.69) is 5.73 Å². The molecule has 3 nitrogen and oxygen atoms in total. The highest BCUT2D eigenvalue weighted by Crippen LogP contribution is 0.798. The van der Waals surface area contributed by atoms with E-state index < -0.39 is 0 Å². The predicted octanol–water partition coefficient (Wildman–Crippen LogP) is -0.737. The Labute approximate surface area is 24.4 Å². The van der Waals surface area contributed by atoms with Crippen LogP contribution < -0.4 is 11.9 Å². The van der Waals surface area contributed by atoms with Crippen LogP contribution in [0, 0.1) is 0 Å². The van der Waals surface area contributed by atoms with Crippen LogP contribution in [0.2, 0.25) is 0 Å². The Bertz CT molecular complexity index is 13.5. The summed E-state index contributed by atoms with van der Waals surface area (Å²) in [6, 6.07) is 0. The monoisotopic (exact) mass is 62.0 g/mol. The van der Waals surface area contributed by atoms with Crippen LogP contribution in [0.15, 0.2) is 0 Å². The highest BCUT2D eigenvalue weighted by atomic mass is 16.1. The van der Waals surface area contributed by atoms with Gasteiger partial charge in [-0.05, 0) is 0 Å². The van der Waals surface area contributed by atoms with Crippen molar-refractivity contribution in [2.24, 2.45) is 5.73 Å². The molecule has 0 saturated heterocycles. The summed E-state index contributed by atoms with van der Waals surface area (Å²) in [6.07, 6.45) is 0.250. The third kappa shape index (κ3) is 0.814. The summed E-state index contributed by atoms with van der Waals surface area (Å²) >= 11 is 0. The molecule has 1 amide bonds. The third-order valence-corrected chi connectivity index (χ3v) is 0. The minimum Gasteiger partial charge on any atom is -0.372 e. The van der Waals surface area contributed by atoms with Crippen LogP contribution in [-0.4, -0.2) is 6.41 Å². The quantitative estimate of drug-likeness (QED) is 0.362. The zero-order valence-corrected chi connectivity index (χ0v) is 2.27. The van der Waals surface area contributed by atoms with Gasteiger partial charge in [0.25, 0.3) is 0 Å². The van der Waals surface area contributed by atoms with Crippen molar-refractivity contribution in [3.63, 3.8) is 0 Å². The fraction of sp³-hybridized carbons (Fsp3) is 0. The summed E-state index contributed by atoms with van der Waals surface area (Å²) in [7, 11) is 0. The molecule has 0 aromatic carbocycles. The van der Waals surface area contributed by atoms with Gasteiger partial charge in [-0.1, -0.05) is 0 Å². The minimum atomic E-state index is 0. The van der Waals surface area contributed by atoms with Crippen molar-refractivity contribution < 1.29 is 4.79 Å². The van der Waals surface area contributed by atoms with E-state index in [9.17, 15) is 0 Å². The second-order valence-corrected chi connectivity index (χ2v) is 0.136. The first-order valence-electron chi connectivity index (χ1n) is 0.569. The van der Waals surface area contributed by atoms with Gasteiger partial charge < -0.3 is 11.9 Å². The van der Waals surface area contributed by atoms with Gasteiger partial charge in [-0.25, -0.2) is 0 Å². The van der Waals surface area contributed by atoms with Crippen molar-refractivity contribution >= 4 is 6.41 Å². The van der Waals surface area contributed by atoms with Gasteiger partial charge in [0, 0.05) is 0 Å². The van der Waals surface area contributed by atoms with Gasteiger partial charge in [0.15, 0.2) is 0 Å². The molecule has 0 atom stereocenters. The van der Waals surface area contributed by atoms with Crippen molar-refractivity contribution in [2.75, 3.05) is 0 Å². The Morgan fingerprint density at radius 1 is 1.75 bits per heavy atom. The van der Waals surface area contributed by atoms with Crippen LogP contribution in [0.3, 0.4) is 0 Å². The van der Waals surface area contributed by atoms with Gasteiger partial charge in [-0.15, -0.1) is 0 Å². The summed E-state index contributed by atoms with van der Waals surface area (Å²) in [6.45, 7) is 0. The van der Waals surface area contributed by atoms with Crippen LogP contribution in [-0.2, 0) is 4.79 Å². The van der Waals surface area contributed by atoms with E-state index in [0.29, 0.717) is 0 Å². The molecule has 0 radical (unpaired) electrons. The molecule has 0 spiro atoms. The standard InChI is InChI=1S/CH3NO.H3N/c2-1-3;/h1H,(H2,2,3);1H3. The number of hydrogen-bond acceptors (Lipinski definition) is 2. The lowest BCUT2D eigenvalue weighted by Crippen LogP contribution is -1.82. The molecule has 0 rings (SSSR count). The fourth-order valence-corrected chi connectivity index (χ4v) is 0. The zero-order valence-electron chi connectivity index (χ0n) is 2.27.